The molecule has 0 saturated heterocycles. The van der Waals surface area contributed by atoms with Crippen LogP contribution in [-0.2, 0) is 6.54 Å². The Bertz CT molecular complexity index is 394. The summed E-state index contributed by atoms with van der Waals surface area (Å²) >= 11 is 1.75. The fourth-order valence-electron chi connectivity index (χ4n) is 2.62. The minimum atomic E-state index is -0.486. The van der Waals surface area contributed by atoms with Gasteiger partial charge in [0.1, 0.15) is 0 Å². The van der Waals surface area contributed by atoms with Crippen LogP contribution in [0.5, 0.6) is 0 Å². The first-order valence-electron chi connectivity index (χ1n) is 6.84. The average molecular weight is 268 g/mol. The van der Waals surface area contributed by atoms with Gasteiger partial charge in [-0.2, -0.15) is 0 Å². The summed E-state index contributed by atoms with van der Waals surface area (Å²) in [5, 5.41) is 15.0. The van der Waals surface area contributed by atoms with Gasteiger partial charge in [-0.25, -0.2) is 4.98 Å². The highest BCUT2D eigenvalue weighted by Crippen LogP contribution is 2.31. The largest absolute Gasteiger partial charge is 0.389 e. The number of aryl methyl sites for hydroxylation is 2. The van der Waals surface area contributed by atoms with Gasteiger partial charge in [-0.15, -0.1) is 11.3 Å². The molecule has 1 aliphatic carbocycles. The molecule has 1 aromatic rings. The van der Waals surface area contributed by atoms with Crippen molar-refractivity contribution < 1.29 is 5.11 Å². The van der Waals surface area contributed by atoms with E-state index in [0.717, 1.165) is 48.8 Å². The quantitative estimate of drug-likeness (QED) is 0.882. The lowest BCUT2D eigenvalue weighted by Crippen LogP contribution is -2.43. The van der Waals surface area contributed by atoms with Crippen LogP contribution in [-0.4, -0.2) is 22.2 Å². The van der Waals surface area contributed by atoms with E-state index in [1.807, 2.05) is 6.92 Å². The normalized spacial score (nSPS) is 28.6. The zero-order chi connectivity index (χ0) is 13.2. The molecule has 2 rings (SSSR count). The van der Waals surface area contributed by atoms with Crippen molar-refractivity contribution in [3.8, 4) is 0 Å². The van der Waals surface area contributed by atoms with Crippen molar-refractivity contribution in [1.29, 1.82) is 0 Å². The lowest BCUT2D eigenvalue weighted by Gasteiger charge is -2.35. The Kier molecular flexibility index (Phi) is 4.41. The first-order valence-corrected chi connectivity index (χ1v) is 7.66. The summed E-state index contributed by atoms with van der Waals surface area (Å²) in [6.07, 6.45) is 4.16. The number of aliphatic hydroxyl groups is 1. The molecule has 0 bridgehead atoms. The van der Waals surface area contributed by atoms with E-state index < -0.39 is 5.60 Å². The van der Waals surface area contributed by atoms with Gasteiger partial charge in [0, 0.05) is 18.0 Å². The predicted octanol–water partition coefficient (Wildman–Crippen LogP) is 2.79. The van der Waals surface area contributed by atoms with Gasteiger partial charge in [-0.05, 0) is 45.4 Å². The number of hydrogen-bond donors (Lipinski definition) is 2. The smallest absolute Gasteiger partial charge is 0.0900 e. The van der Waals surface area contributed by atoms with E-state index in [9.17, 15) is 5.11 Å². The molecule has 1 aliphatic rings. The molecule has 18 heavy (non-hydrogen) atoms. The third-order valence-electron chi connectivity index (χ3n) is 3.94. The zero-order valence-electron chi connectivity index (χ0n) is 11.6. The van der Waals surface area contributed by atoms with Crippen LogP contribution in [0, 0.1) is 19.8 Å². The van der Waals surface area contributed by atoms with Crippen molar-refractivity contribution in [2.45, 2.75) is 58.6 Å². The Morgan fingerprint density at radius 1 is 1.39 bits per heavy atom. The molecule has 0 unspecified atom stereocenters. The molecule has 0 radical (unpaired) electrons. The van der Waals surface area contributed by atoms with E-state index in [1.54, 1.807) is 11.3 Å². The average Bonchev–Trinajstić information content (AvgIpc) is 2.62. The number of rotatable bonds is 4. The second kappa shape index (κ2) is 5.68. The van der Waals surface area contributed by atoms with E-state index in [1.165, 1.54) is 4.88 Å². The van der Waals surface area contributed by atoms with E-state index in [2.05, 4.69) is 24.1 Å². The molecule has 1 saturated carbocycles. The van der Waals surface area contributed by atoms with Gasteiger partial charge in [0.15, 0.2) is 0 Å². The van der Waals surface area contributed by atoms with Crippen molar-refractivity contribution in [1.82, 2.24) is 10.3 Å². The lowest BCUT2D eigenvalue weighted by atomic mass is 9.79. The van der Waals surface area contributed by atoms with Crippen LogP contribution in [0.2, 0.25) is 0 Å². The van der Waals surface area contributed by atoms with E-state index >= 15 is 0 Å². The summed E-state index contributed by atoms with van der Waals surface area (Å²) in [4.78, 5) is 5.71. The van der Waals surface area contributed by atoms with Crippen LogP contribution in [0.1, 0.15) is 48.2 Å². The number of hydrogen-bond acceptors (Lipinski definition) is 4. The number of thiazole rings is 1. The highest BCUT2D eigenvalue weighted by Gasteiger charge is 2.31. The van der Waals surface area contributed by atoms with Crippen molar-refractivity contribution >= 4 is 11.3 Å². The Morgan fingerprint density at radius 3 is 2.61 bits per heavy atom. The Hall–Kier alpha value is -0.450. The summed E-state index contributed by atoms with van der Waals surface area (Å²) in [5.74, 6) is 0.775. The van der Waals surface area contributed by atoms with Crippen molar-refractivity contribution in [2.75, 3.05) is 6.54 Å². The van der Waals surface area contributed by atoms with Gasteiger partial charge in [0.05, 0.1) is 16.3 Å². The molecule has 4 heteroatoms. The van der Waals surface area contributed by atoms with Gasteiger partial charge >= 0.3 is 0 Å². The van der Waals surface area contributed by atoms with Gasteiger partial charge in [0.2, 0.25) is 0 Å². The van der Waals surface area contributed by atoms with Gasteiger partial charge < -0.3 is 10.4 Å². The maximum absolute atomic E-state index is 10.5. The predicted molar refractivity (Wildman–Crippen MR) is 75.9 cm³/mol. The second-order valence-electron chi connectivity index (χ2n) is 5.75. The zero-order valence-corrected chi connectivity index (χ0v) is 12.4. The summed E-state index contributed by atoms with van der Waals surface area (Å²) in [7, 11) is 0. The summed E-state index contributed by atoms with van der Waals surface area (Å²) in [6.45, 7) is 7.90. The van der Waals surface area contributed by atoms with Gasteiger partial charge in [0.25, 0.3) is 0 Å². The summed E-state index contributed by atoms with van der Waals surface area (Å²) in [6, 6.07) is 0. The molecule has 0 amide bonds. The number of nitrogens with one attached hydrogen (secondary N) is 1. The molecule has 0 spiro atoms. The van der Waals surface area contributed by atoms with Crippen molar-refractivity contribution in [2.24, 2.45) is 5.92 Å². The maximum Gasteiger partial charge on any atom is 0.0900 e. The first kappa shape index (κ1) is 14.0. The Balaban J connectivity index is 1.80. The summed E-state index contributed by atoms with van der Waals surface area (Å²) in [5.41, 5.74) is 0.634. The van der Waals surface area contributed by atoms with Gasteiger partial charge in [-0.3, -0.25) is 0 Å². The number of aromatic nitrogens is 1. The van der Waals surface area contributed by atoms with Crippen LogP contribution >= 0.6 is 11.3 Å². The molecular formula is C14H24N2OS. The molecule has 102 valence electrons. The van der Waals surface area contributed by atoms with Crippen molar-refractivity contribution in [3.63, 3.8) is 0 Å². The Labute approximate surface area is 114 Å². The van der Waals surface area contributed by atoms with Crippen LogP contribution in [0.25, 0.3) is 0 Å². The highest BCUT2D eigenvalue weighted by atomic mass is 32.1. The molecule has 1 heterocycles. The van der Waals surface area contributed by atoms with E-state index in [4.69, 9.17) is 0 Å². The molecule has 1 fully saturated rings. The molecule has 0 atom stereocenters. The lowest BCUT2D eigenvalue weighted by molar-refractivity contribution is -0.00626. The third-order valence-corrected chi connectivity index (χ3v) is 5.02. The first-order chi connectivity index (χ1) is 8.48. The standard InChI is InChI=1S/C14H24N2OS/c1-10-4-6-14(17,7-5-10)9-15-8-13-11(2)16-12(3)18-13/h10,15,17H,4-9H2,1-3H3. The minimum Gasteiger partial charge on any atom is -0.389 e. The van der Waals surface area contributed by atoms with Gasteiger partial charge in [-0.1, -0.05) is 6.92 Å². The van der Waals surface area contributed by atoms with Crippen LogP contribution in [0.3, 0.4) is 0 Å². The molecule has 1 aromatic heterocycles. The summed E-state index contributed by atoms with van der Waals surface area (Å²) < 4.78 is 0. The molecule has 2 N–H and O–H groups in total. The van der Waals surface area contributed by atoms with E-state index in [-0.39, 0.29) is 0 Å². The number of nitrogens with zero attached hydrogens (tertiary/aromatic N) is 1. The Morgan fingerprint density at radius 2 is 2.06 bits per heavy atom. The monoisotopic (exact) mass is 268 g/mol. The fraction of sp³-hybridized carbons (Fsp3) is 0.786. The third kappa shape index (κ3) is 3.53. The van der Waals surface area contributed by atoms with Crippen LogP contribution in [0.15, 0.2) is 0 Å². The van der Waals surface area contributed by atoms with Crippen LogP contribution < -0.4 is 5.32 Å². The molecule has 0 aromatic carbocycles. The minimum absolute atomic E-state index is 0.486. The molecular weight excluding hydrogens is 244 g/mol. The highest BCUT2D eigenvalue weighted by molar-refractivity contribution is 7.11. The van der Waals surface area contributed by atoms with E-state index in [0.29, 0.717) is 6.54 Å². The molecule has 0 aliphatic heterocycles. The SMILES string of the molecule is Cc1nc(C)c(CNCC2(O)CCC(C)CC2)s1. The maximum atomic E-state index is 10.5. The second-order valence-corrected chi connectivity index (χ2v) is 7.04. The van der Waals surface area contributed by atoms with Crippen LogP contribution in [0.4, 0.5) is 0 Å². The molecule has 3 nitrogen and oxygen atoms in total. The topological polar surface area (TPSA) is 45.2 Å². The fourth-order valence-corrected chi connectivity index (χ4v) is 3.53. The van der Waals surface area contributed by atoms with Crippen molar-refractivity contribution in [3.05, 3.63) is 15.6 Å².